The molecule has 0 radical (unpaired) electrons. The van der Waals surface area contributed by atoms with Gasteiger partial charge < -0.3 is 4.79 Å². The molecular formula is C13H24OS. The van der Waals surface area contributed by atoms with Gasteiger partial charge >= 0.3 is 0 Å². The molecule has 0 aliphatic heterocycles. The van der Waals surface area contributed by atoms with E-state index in [4.69, 9.17) is 0 Å². The summed E-state index contributed by atoms with van der Waals surface area (Å²) in [5.41, 5.74) is 0.921. The third-order valence-corrected chi connectivity index (χ3v) is 3.34. The van der Waals surface area contributed by atoms with E-state index in [0.29, 0.717) is 11.7 Å². The van der Waals surface area contributed by atoms with Gasteiger partial charge in [-0.15, -0.1) is 0 Å². The van der Waals surface area contributed by atoms with Crippen molar-refractivity contribution in [2.45, 2.75) is 57.6 Å². The summed E-state index contributed by atoms with van der Waals surface area (Å²) < 4.78 is 0. The van der Waals surface area contributed by atoms with Crippen LogP contribution in [0.25, 0.3) is 0 Å². The minimum Gasteiger partial charge on any atom is -0.303 e. The third kappa shape index (κ3) is 8.73. The highest BCUT2D eigenvalue weighted by Crippen LogP contribution is 2.28. The summed E-state index contributed by atoms with van der Waals surface area (Å²) in [4.78, 5) is 9.55. The molecule has 0 spiro atoms. The van der Waals surface area contributed by atoms with Crippen LogP contribution < -0.4 is 0 Å². The average Bonchev–Trinajstić information content (AvgIpc) is 2.20. The molecule has 0 aromatic carbocycles. The summed E-state index contributed by atoms with van der Waals surface area (Å²) in [6.07, 6.45) is 8.27. The molecule has 0 saturated heterocycles. The van der Waals surface area contributed by atoms with Crippen LogP contribution in [0.3, 0.4) is 0 Å². The minimum absolute atomic E-state index is 0.500. The van der Waals surface area contributed by atoms with Crippen LogP contribution in [-0.2, 0) is 4.79 Å². The molecule has 0 atom stereocenters. The number of aldehydes is 1. The normalized spacial score (nSPS) is 25.0. The number of hydrogen-bond acceptors (Lipinski definition) is 2. The molecule has 1 saturated carbocycles. The van der Waals surface area contributed by atoms with Crippen molar-refractivity contribution in [2.24, 2.45) is 5.92 Å². The van der Waals surface area contributed by atoms with Gasteiger partial charge in [0.15, 0.2) is 0 Å². The van der Waals surface area contributed by atoms with Crippen molar-refractivity contribution in [1.29, 1.82) is 0 Å². The fourth-order valence-corrected chi connectivity index (χ4v) is 1.99. The average molecular weight is 228 g/mol. The van der Waals surface area contributed by atoms with Crippen LogP contribution in [-0.4, -0.2) is 11.5 Å². The maximum absolute atomic E-state index is 9.55. The first-order valence-electron chi connectivity index (χ1n) is 5.86. The van der Waals surface area contributed by atoms with Gasteiger partial charge in [0.25, 0.3) is 0 Å². The predicted octanol–water partition coefficient (Wildman–Crippen LogP) is 4.04. The Morgan fingerprint density at radius 2 is 1.93 bits per heavy atom. The third-order valence-electron chi connectivity index (χ3n) is 2.83. The summed E-state index contributed by atoms with van der Waals surface area (Å²) in [6.45, 7) is 7.64. The summed E-state index contributed by atoms with van der Waals surface area (Å²) in [5.74, 6) is 1.02. The lowest BCUT2D eigenvalue weighted by molar-refractivity contribution is -0.107. The SMILES string of the molecule is C=C(C)CC=O.CCC1CCC(S)CC1. The highest BCUT2D eigenvalue weighted by Gasteiger charge is 2.16. The highest BCUT2D eigenvalue weighted by atomic mass is 32.1. The molecule has 2 heteroatoms. The number of allylic oxidation sites excluding steroid dienone is 1. The Balaban J connectivity index is 0.000000288. The molecule has 0 amide bonds. The second-order valence-electron chi connectivity index (χ2n) is 4.41. The van der Waals surface area contributed by atoms with E-state index in [2.05, 4.69) is 26.1 Å². The predicted molar refractivity (Wildman–Crippen MR) is 70.5 cm³/mol. The zero-order valence-electron chi connectivity index (χ0n) is 10.0. The van der Waals surface area contributed by atoms with Crippen molar-refractivity contribution >= 4 is 18.9 Å². The van der Waals surface area contributed by atoms with Gasteiger partial charge in [-0.2, -0.15) is 12.6 Å². The van der Waals surface area contributed by atoms with Gasteiger partial charge in [-0.1, -0.05) is 25.5 Å². The number of carbonyl (C=O) groups is 1. The molecule has 0 aromatic rings. The summed E-state index contributed by atoms with van der Waals surface area (Å²) >= 11 is 4.44. The highest BCUT2D eigenvalue weighted by molar-refractivity contribution is 7.80. The molecule has 0 bridgehead atoms. The van der Waals surface area contributed by atoms with Gasteiger partial charge in [-0.05, 0) is 38.5 Å². The fraction of sp³-hybridized carbons (Fsp3) is 0.769. The minimum atomic E-state index is 0.500. The Labute approximate surface area is 99.7 Å². The van der Waals surface area contributed by atoms with E-state index in [9.17, 15) is 4.79 Å². The molecule has 0 aromatic heterocycles. The lowest BCUT2D eigenvalue weighted by Gasteiger charge is -2.24. The topological polar surface area (TPSA) is 17.1 Å². The standard InChI is InChI=1S/C8H16S.C5H8O/c1-2-7-3-5-8(9)6-4-7;1-5(2)3-4-6/h7-9H,2-6H2,1H3;4H,1,3H2,2H3. The van der Waals surface area contributed by atoms with Gasteiger partial charge in [-0.25, -0.2) is 0 Å². The van der Waals surface area contributed by atoms with Gasteiger partial charge in [0.2, 0.25) is 0 Å². The molecule has 88 valence electrons. The summed E-state index contributed by atoms with van der Waals surface area (Å²) in [7, 11) is 0. The molecule has 1 nitrogen and oxygen atoms in total. The van der Waals surface area contributed by atoms with Gasteiger partial charge in [0.1, 0.15) is 6.29 Å². The summed E-state index contributed by atoms with van der Waals surface area (Å²) in [6, 6.07) is 0. The van der Waals surface area contributed by atoms with E-state index in [1.807, 2.05) is 6.92 Å². The molecule has 0 N–H and O–H groups in total. The first kappa shape index (κ1) is 14.8. The van der Waals surface area contributed by atoms with Crippen molar-refractivity contribution in [3.8, 4) is 0 Å². The van der Waals surface area contributed by atoms with Crippen molar-refractivity contribution < 1.29 is 4.79 Å². The molecule has 15 heavy (non-hydrogen) atoms. The Morgan fingerprint density at radius 3 is 2.20 bits per heavy atom. The maximum atomic E-state index is 9.55. The van der Waals surface area contributed by atoms with Crippen LogP contribution >= 0.6 is 12.6 Å². The van der Waals surface area contributed by atoms with Crippen LogP contribution in [0, 0.1) is 5.92 Å². The van der Waals surface area contributed by atoms with Gasteiger partial charge in [0, 0.05) is 11.7 Å². The zero-order valence-corrected chi connectivity index (χ0v) is 10.9. The largest absolute Gasteiger partial charge is 0.303 e. The summed E-state index contributed by atoms with van der Waals surface area (Å²) in [5, 5.41) is 0.716. The molecule has 0 unspecified atom stereocenters. The van der Waals surface area contributed by atoms with E-state index in [-0.39, 0.29) is 0 Å². The Morgan fingerprint density at radius 1 is 1.40 bits per heavy atom. The second kappa shape index (κ2) is 9.02. The van der Waals surface area contributed by atoms with Gasteiger partial charge in [-0.3, -0.25) is 0 Å². The molecule has 1 aliphatic rings. The van der Waals surface area contributed by atoms with Gasteiger partial charge in [0.05, 0.1) is 0 Å². The number of hydrogen-bond donors (Lipinski definition) is 1. The van der Waals surface area contributed by atoms with Crippen molar-refractivity contribution in [3.05, 3.63) is 12.2 Å². The quantitative estimate of drug-likeness (QED) is 0.438. The number of thiol groups is 1. The van der Waals surface area contributed by atoms with Crippen molar-refractivity contribution in [1.82, 2.24) is 0 Å². The smallest absolute Gasteiger partial charge is 0.124 e. The molecular weight excluding hydrogens is 204 g/mol. The van der Waals surface area contributed by atoms with Crippen LogP contribution in [0.15, 0.2) is 12.2 Å². The molecule has 1 fully saturated rings. The monoisotopic (exact) mass is 228 g/mol. The Bertz CT molecular complexity index is 181. The molecule has 1 rings (SSSR count). The van der Waals surface area contributed by atoms with E-state index in [1.54, 1.807) is 0 Å². The maximum Gasteiger partial charge on any atom is 0.124 e. The van der Waals surface area contributed by atoms with Crippen LogP contribution in [0.1, 0.15) is 52.4 Å². The first-order valence-corrected chi connectivity index (χ1v) is 6.37. The van der Waals surface area contributed by atoms with Crippen LogP contribution in [0.5, 0.6) is 0 Å². The molecule has 0 heterocycles. The fourth-order valence-electron chi connectivity index (χ4n) is 1.70. The molecule has 1 aliphatic carbocycles. The Hall–Kier alpha value is -0.240. The Kier molecular flexibility index (Phi) is 8.88. The van der Waals surface area contributed by atoms with E-state index in [1.165, 1.54) is 32.1 Å². The zero-order chi connectivity index (χ0) is 11.7. The van der Waals surface area contributed by atoms with Crippen LogP contribution in [0.2, 0.25) is 0 Å². The number of carbonyl (C=O) groups excluding carboxylic acids is 1. The van der Waals surface area contributed by atoms with Crippen LogP contribution in [0.4, 0.5) is 0 Å². The lowest BCUT2D eigenvalue weighted by Crippen LogP contribution is -2.13. The van der Waals surface area contributed by atoms with Crippen molar-refractivity contribution in [3.63, 3.8) is 0 Å². The lowest BCUT2D eigenvalue weighted by atomic mass is 9.87. The van der Waals surface area contributed by atoms with Crippen molar-refractivity contribution in [2.75, 3.05) is 0 Å². The van der Waals surface area contributed by atoms with E-state index in [0.717, 1.165) is 17.8 Å². The van der Waals surface area contributed by atoms with E-state index >= 15 is 0 Å². The second-order valence-corrected chi connectivity index (χ2v) is 5.14. The van der Waals surface area contributed by atoms with E-state index < -0.39 is 0 Å². The number of rotatable bonds is 3. The first-order chi connectivity index (χ1) is 7.10.